The fourth-order valence-corrected chi connectivity index (χ4v) is 5.60. The SMILES string of the molecule is Cc1ncn(C2CCN(C(=O)CCS(=O)(=O)c3ccc4cc(Cl)ccc4c3)CC2)c1C. The van der Waals surface area contributed by atoms with Gasteiger partial charge < -0.3 is 9.47 Å². The molecule has 8 heteroatoms. The van der Waals surface area contributed by atoms with Gasteiger partial charge in [0, 0.05) is 36.3 Å². The number of aryl methyl sites for hydroxylation is 1. The molecule has 31 heavy (non-hydrogen) atoms. The molecule has 1 amide bonds. The predicted octanol–water partition coefficient (Wildman–Crippen LogP) is 4.33. The van der Waals surface area contributed by atoms with Crippen LogP contribution in [-0.4, -0.2) is 47.6 Å². The number of amides is 1. The van der Waals surface area contributed by atoms with Crippen molar-refractivity contribution in [2.24, 2.45) is 0 Å². The Hall–Kier alpha value is -2.38. The summed E-state index contributed by atoms with van der Waals surface area (Å²) in [5.41, 5.74) is 2.19. The number of imidazole rings is 1. The Bertz CT molecular complexity index is 1230. The number of sulfone groups is 1. The van der Waals surface area contributed by atoms with Crippen LogP contribution in [0.15, 0.2) is 47.6 Å². The van der Waals surface area contributed by atoms with Crippen LogP contribution in [0, 0.1) is 13.8 Å². The summed E-state index contributed by atoms with van der Waals surface area (Å²) in [5, 5.41) is 2.30. The summed E-state index contributed by atoms with van der Waals surface area (Å²) in [5.74, 6) is -0.293. The molecule has 2 aromatic carbocycles. The van der Waals surface area contributed by atoms with Crippen molar-refractivity contribution in [2.45, 2.75) is 44.0 Å². The van der Waals surface area contributed by atoms with Crippen molar-refractivity contribution in [2.75, 3.05) is 18.8 Å². The molecule has 0 N–H and O–H groups in total. The molecule has 0 atom stereocenters. The molecule has 3 aromatic rings. The third-order valence-corrected chi connectivity index (χ3v) is 8.16. The number of carbonyl (C=O) groups is 1. The fourth-order valence-electron chi connectivity index (χ4n) is 4.16. The summed E-state index contributed by atoms with van der Waals surface area (Å²) in [6, 6.07) is 10.6. The Kier molecular flexibility index (Phi) is 6.08. The van der Waals surface area contributed by atoms with Gasteiger partial charge in [-0.15, -0.1) is 0 Å². The molecule has 164 valence electrons. The molecule has 0 unspecified atom stereocenters. The standard InChI is InChI=1S/C23H26ClN3O3S/c1-16-17(2)27(15-25-16)21-7-10-26(11-8-21)23(28)9-12-31(29,30)22-6-4-18-13-20(24)5-3-19(18)14-22/h3-6,13-15,21H,7-12H2,1-2H3. The van der Waals surface area contributed by atoms with Crippen molar-refractivity contribution in [3.8, 4) is 0 Å². The summed E-state index contributed by atoms with van der Waals surface area (Å²) >= 11 is 5.99. The zero-order chi connectivity index (χ0) is 22.2. The molecular weight excluding hydrogens is 434 g/mol. The molecular formula is C23H26ClN3O3S. The third kappa shape index (κ3) is 4.62. The van der Waals surface area contributed by atoms with E-state index in [0.29, 0.717) is 24.2 Å². The van der Waals surface area contributed by atoms with Crippen LogP contribution < -0.4 is 0 Å². The molecule has 0 radical (unpaired) electrons. The van der Waals surface area contributed by atoms with Crippen LogP contribution in [0.25, 0.3) is 10.8 Å². The summed E-state index contributed by atoms with van der Waals surface area (Å²) < 4.78 is 27.8. The van der Waals surface area contributed by atoms with Crippen molar-refractivity contribution < 1.29 is 13.2 Å². The molecule has 1 aromatic heterocycles. The molecule has 1 aliphatic heterocycles. The first-order chi connectivity index (χ1) is 14.7. The number of halogens is 1. The Morgan fingerprint density at radius 3 is 2.45 bits per heavy atom. The summed E-state index contributed by atoms with van der Waals surface area (Å²) in [6.07, 6.45) is 3.57. The Morgan fingerprint density at radius 1 is 1.10 bits per heavy atom. The highest BCUT2D eigenvalue weighted by molar-refractivity contribution is 7.91. The van der Waals surface area contributed by atoms with Crippen molar-refractivity contribution in [3.05, 3.63) is 59.1 Å². The van der Waals surface area contributed by atoms with Gasteiger partial charge in [-0.3, -0.25) is 4.79 Å². The number of piperidine rings is 1. The van der Waals surface area contributed by atoms with E-state index < -0.39 is 9.84 Å². The molecule has 0 bridgehead atoms. The highest BCUT2D eigenvalue weighted by Crippen LogP contribution is 2.26. The van der Waals surface area contributed by atoms with E-state index in [0.717, 1.165) is 35.0 Å². The van der Waals surface area contributed by atoms with Crippen molar-refractivity contribution in [1.29, 1.82) is 0 Å². The first-order valence-corrected chi connectivity index (χ1v) is 12.5. The average molecular weight is 460 g/mol. The maximum absolute atomic E-state index is 12.8. The van der Waals surface area contributed by atoms with Gasteiger partial charge in [0.25, 0.3) is 0 Å². The van der Waals surface area contributed by atoms with Crippen molar-refractivity contribution in [1.82, 2.24) is 14.5 Å². The summed E-state index contributed by atoms with van der Waals surface area (Å²) in [6.45, 7) is 5.33. The molecule has 1 fully saturated rings. The van der Waals surface area contributed by atoms with Gasteiger partial charge in [-0.05, 0) is 61.7 Å². The van der Waals surface area contributed by atoms with Crippen LogP contribution in [0.2, 0.25) is 5.02 Å². The largest absolute Gasteiger partial charge is 0.343 e. The lowest BCUT2D eigenvalue weighted by molar-refractivity contribution is -0.132. The van der Waals surface area contributed by atoms with Crippen LogP contribution in [0.4, 0.5) is 0 Å². The zero-order valence-electron chi connectivity index (χ0n) is 17.7. The first kappa shape index (κ1) is 21.8. The van der Waals surface area contributed by atoms with E-state index >= 15 is 0 Å². The lowest BCUT2D eigenvalue weighted by Crippen LogP contribution is -2.39. The highest BCUT2D eigenvalue weighted by atomic mass is 35.5. The lowest BCUT2D eigenvalue weighted by Gasteiger charge is -2.33. The van der Waals surface area contributed by atoms with Gasteiger partial charge in [0.05, 0.1) is 22.7 Å². The van der Waals surface area contributed by atoms with Gasteiger partial charge in [-0.1, -0.05) is 23.7 Å². The smallest absolute Gasteiger partial charge is 0.223 e. The highest BCUT2D eigenvalue weighted by Gasteiger charge is 2.26. The zero-order valence-corrected chi connectivity index (χ0v) is 19.3. The second-order valence-corrected chi connectivity index (χ2v) is 10.7. The molecule has 6 nitrogen and oxygen atoms in total. The van der Waals surface area contributed by atoms with Gasteiger partial charge >= 0.3 is 0 Å². The maximum Gasteiger partial charge on any atom is 0.223 e. The second kappa shape index (κ2) is 8.63. The first-order valence-electron chi connectivity index (χ1n) is 10.4. The van der Waals surface area contributed by atoms with E-state index in [9.17, 15) is 13.2 Å². The molecule has 0 spiro atoms. The van der Waals surface area contributed by atoms with Gasteiger partial charge in [0.15, 0.2) is 9.84 Å². The normalized spacial score (nSPS) is 15.5. The molecule has 1 saturated heterocycles. The maximum atomic E-state index is 12.8. The summed E-state index contributed by atoms with van der Waals surface area (Å²) in [7, 11) is -3.55. The number of carbonyl (C=O) groups excluding carboxylic acids is 1. The number of hydrogen-bond acceptors (Lipinski definition) is 4. The Balaban J connectivity index is 1.36. The lowest BCUT2D eigenvalue weighted by atomic mass is 10.0. The topological polar surface area (TPSA) is 72.3 Å². The minimum absolute atomic E-state index is 0.00509. The van der Waals surface area contributed by atoms with Crippen LogP contribution >= 0.6 is 11.6 Å². The van der Waals surface area contributed by atoms with E-state index in [2.05, 4.69) is 16.5 Å². The Morgan fingerprint density at radius 2 is 1.77 bits per heavy atom. The van der Waals surface area contributed by atoms with Crippen molar-refractivity contribution >= 4 is 38.1 Å². The van der Waals surface area contributed by atoms with Crippen LogP contribution in [0.3, 0.4) is 0 Å². The number of aromatic nitrogens is 2. The van der Waals surface area contributed by atoms with Crippen LogP contribution in [0.5, 0.6) is 0 Å². The molecule has 1 aliphatic rings. The van der Waals surface area contributed by atoms with E-state index in [1.807, 2.05) is 13.3 Å². The number of nitrogens with zero attached hydrogens (tertiary/aromatic N) is 3. The minimum Gasteiger partial charge on any atom is -0.343 e. The second-order valence-electron chi connectivity index (χ2n) is 8.16. The minimum atomic E-state index is -3.55. The van der Waals surface area contributed by atoms with E-state index in [4.69, 9.17) is 11.6 Å². The van der Waals surface area contributed by atoms with E-state index in [1.165, 1.54) is 0 Å². The molecule has 2 heterocycles. The van der Waals surface area contributed by atoms with Crippen LogP contribution in [0.1, 0.15) is 36.7 Å². The molecule has 0 aliphatic carbocycles. The van der Waals surface area contributed by atoms with Gasteiger partial charge in [-0.2, -0.15) is 0 Å². The van der Waals surface area contributed by atoms with E-state index in [1.54, 1.807) is 41.3 Å². The number of fused-ring (bicyclic) bond motifs is 1. The van der Waals surface area contributed by atoms with Crippen molar-refractivity contribution in [3.63, 3.8) is 0 Å². The van der Waals surface area contributed by atoms with Gasteiger partial charge in [0.2, 0.25) is 5.91 Å². The number of rotatable bonds is 5. The van der Waals surface area contributed by atoms with Gasteiger partial charge in [0.1, 0.15) is 0 Å². The predicted molar refractivity (Wildman–Crippen MR) is 122 cm³/mol. The fraction of sp³-hybridized carbons (Fsp3) is 0.391. The van der Waals surface area contributed by atoms with Crippen LogP contribution in [-0.2, 0) is 14.6 Å². The monoisotopic (exact) mass is 459 g/mol. The van der Waals surface area contributed by atoms with E-state index in [-0.39, 0.29) is 23.0 Å². The quantitative estimate of drug-likeness (QED) is 0.569. The van der Waals surface area contributed by atoms with Gasteiger partial charge in [-0.25, -0.2) is 13.4 Å². The third-order valence-electron chi connectivity index (χ3n) is 6.21. The average Bonchev–Trinajstić information content (AvgIpc) is 3.10. The molecule has 4 rings (SSSR count). The molecule has 0 saturated carbocycles. The number of hydrogen-bond donors (Lipinski definition) is 0. The summed E-state index contributed by atoms with van der Waals surface area (Å²) in [4.78, 5) is 19.1. The number of likely N-dealkylation sites (tertiary alicyclic amines) is 1. The Labute approximate surface area is 187 Å². The number of benzene rings is 2.